The van der Waals surface area contributed by atoms with Gasteiger partial charge in [0.25, 0.3) is 0 Å². The molecule has 0 aliphatic heterocycles. The molecule has 0 aliphatic rings. The Bertz CT molecular complexity index is 572. The van der Waals surface area contributed by atoms with Gasteiger partial charge in [0, 0.05) is 16.4 Å². The Hall–Kier alpha value is -1.21. The van der Waals surface area contributed by atoms with E-state index in [1.165, 1.54) is 11.3 Å². The summed E-state index contributed by atoms with van der Waals surface area (Å²) in [4.78, 5) is 1.12. The van der Waals surface area contributed by atoms with Gasteiger partial charge in [-0.2, -0.15) is 5.26 Å². The molecule has 0 unspecified atom stereocenters. The van der Waals surface area contributed by atoms with E-state index in [4.69, 9.17) is 28.5 Å². The van der Waals surface area contributed by atoms with Crippen molar-refractivity contribution < 1.29 is 0 Å². The number of nitrogens with zero attached hydrogens (tertiary/aromatic N) is 1. The molecule has 0 amide bonds. The maximum atomic E-state index is 8.98. The summed E-state index contributed by atoms with van der Waals surface area (Å²) in [5.41, 5.74) is 1.32. The molecule has 1 aromatic heterocycles. The number of rotatable bonds is 3. The molecule has 2 rings (SSSR count). The van der Waals surface area contributed by atoms with Gasteiger partial charge in [-0.05, 0) is 30.3 Å². The zero-order valence-electron chi connectivity index (χ0n) is 8.71. The van der Waals surface area contributed by atoms with Gasteiger partial charge in [-0.1, -0.05) is 23.2 Å². The molecule has 1 aromatic carbocycles. The maximum Gasteiger partial charge on any atom is 0.101 e. The van der Waals surface area contributed by atoms with Crippen LogP contribution in [0.2, 0.25) is 9.36 Å². The first kappa shape index (κ1) is 12.3. The molecule has 1 N–H and O–H groups in total. The van der Waals surface area contributed by atoms with Crippen molar-refractivity contribution in [1.29, 1.82) is 5.26 Å². The van der Waals surface area contributed by atoms with Gasteiger partial charge in [-0.15, -0.1) is 11.3 Å². The maximum absolute atomic E-state index is 8.98. The largest absolute Gasteiger partial charge is 0.379 e. The molecule has 17 heavy (non-hydrogen) atoms. The molecule has 2 aromatic rings. The third-order valence-corrected chi connectivity index (χ3v) is 3.65. The predicted molar refractivity (Wildman–Crippen MR) is 72.8 cm³/mol. The minimum absolute atomic E-state index is 0.542. The molecular weight excluding hydrogens is 275 g/mol. The average molecular weight is 283 g/mol. The Labute approximate surface area is 113 Å². The summed E-state index contributed by atoms with van der Waals surface area (Å²) in [7, 11) is 0. The fourth-order valence-electron chi connectivity index (χ4n) is 1.39. The number of halogens is 2. The molecule has 0 aliphatic carbocycles. The average Bonchev–Trinajstić information content (AvgIpc) is 2.73. The van der Waals surface area contributed by atoms with Gasteiger partial charge >= 0.3 is 0 Å². The Morgan fingerprint density at radius 2 is 2.06 bits per heavy atom. The van der Waals surface area contributed by atoms with Crippen LogP contribution in [0, 0.1) is 11.3 Å². The van der Waals surface area contributed by atoms with Crippen molar-refractivity contribution in [3.8, 4) is 6.07 Å². The van der Waals surface area contributed by atoms with Crippen LogP contribution in [0.1, 0.15) is 10.4 Å². The number of hydrogen-bond donors (Lipinski definition) is 1. The van der Waals surface area contributed by atoms with Gasteiger partial charge < -0.3 is 5.32 Å². The van der Waals surface area contributed by atoms with E-state index in [0.29, 0.717) is 17.1 Å². The molecule has 5 heteroatoms. The number of thiophene rings is 1. The van der Waals surface area contributed by atoms with Gasteiger partial charge in [0.1, 0.15) is 6.07 Å². The number of hydrogen-bond acceptors (Lipinski definition) is 3. The number of nitriles is 1. The molecule has 1 heterocycles. The number of anilines is 1. The highest BCUT2D eigenvalue weighted by molar-refractivity contribution is 7.16. The molecule has 0 spiro atoms. The summed E-state index contributed by atoms with van der Waals surface area (Å²) in [6.45, 7) is 0.647. The van der Waals surface area contributed by atoms with Crippen molar-refractivity contribution >= 4 is 40.2 Å². The van der Waals surface area contributed by atoms with E-state index in [0.717, 1.165) is 14.9 Å². The lowest BCUT2D eigenvalue weighted by Gasteiger charge is -2.06. The number of benzene rings is 1. The van der Waals surface area contributed by atoms with E-state index < -0.39 is 0 Å². The van der Waals surface area contributed by atoms with Crippen molar-refractivity contribution in [3.63, 3.8) is 0 Å². The van der Waals surface area contributed by atoms with Crippen LogP contribution in [0.5, 0.6) is 0 Å². The second-order valence-electron chi connectivity index (χ2n) is 3.36. The third kappa shape index (κ3) is 3.13. The molecule has 2 nitrogen and oxygen atoms in total. The van der Waals surface area contributed by atoms with Gasteiger partial charge in [0.15, 0.2) is 0 Å². The Morgan fingerprint density at radius 3 is 2.71 bits per heavy atom. The molecule has 0 saturated heterocycles. The second-order valence-corrected chi connectivity index (χ2v) is 5.60. The van der Waals surface area contributed by atoms with Crippen LogP contribution in [0.15, 0.2) is 30.3 Å². The highest BCUT2D eigenvalue weighted by Crippen LogP contribution is 2.24. The molecule has 0 bridgehead atoms. The molecule has 0 radical (unpaired) electrons. The lowest BCUT2D eigenvalue weighted by molar-refractivity contribution is 1.19. The van der Waals surface area contributed by atoms with E-state index >= 15 is 0 Å². The first-order valence-electron chi connectivity index (χ1n) is 4.87. The lowest BCUT2D eigenvalue weighted by atomic mass is 10.2. The topological polar surface area (TPSA) is 35.8 Å². The standard InChI is InChI=1S/C12H8Cl2N2S/c13-9-1-3-11(8(5-9)6-15)16-7-10-2-4-12(14)17-10/h1-5,16H,7H2. The van der Waals surface area contributed by atoms with Crippen LogP contribution in [0.25, 0.3) is 0 Å². The summed E-state index contributed by atoms with van der Waals surface area (Å²) < 4.78 is 0.762. The fraction of sp³-hybridized carbons (Fsp3) is 0.0833. The van der Waals surface area contributed by atoms with E-state index in [1.54, 1.807) is 18.2 Å². The summed E-state index contributed by atoms with van der Waals surface area (Å²) in [6, 6.07) is 11.1. The first-order chi connectivity index (χ1) is 8.19. The lowest BCUT2D eigenvalue weighted by Crippen LogP contribution is -1.99. The molecular formula is C12H8Cl2N2S. The Morgan fingerprint density at radius 1 is 1.24 bits per heavy atom. The highest BCUT2D eigenvalue weighted by Gasteiger charge is 2.03. The van der Waals surface area contributed by atoms with Crippen LogP contribution < -0.4 is 5.32 Å². The van der Waals surface area contributed by atoms with Crippen molar-refractivity contribution in [2.75, 3.05) is 5.32 Å². The van der Waals surface area contributed by atoms with Gasteiger partial charge in [0.2, 0.25) is 0 Å². The van der Waals surface area contributed by atoms with Crippen LogP contribution in [0.4, 0.5) is 5.69 Å². The van der Waals surface area contributed by atoms with Crippen molar-refractivity contribution in [2.24, 2.45) is 0 Å². The summed E-state index contributed by atoms with van der Waals surface area (Å²) in [5.74, 6) is 0. The Balaban J connectivity index is 2.12. The van der Waals surface area contributed by atoms with E-state index in [1.807, 2.05) is 12.1 Å². The quantitative estimate of drug-likeness (QED) is 0.897. The normalized spacial score (nSPS) is 9.94. The van der Waals surface area contributed by atoms with Gasteiger partial charge in [-0.3, -0.25) is 0 Å². The minimum Gasteiger partial charge on any atom is -0.379 e. The van der Waals surface area contributed by atoms with E-state index in [-0.39, 0.29) is 0 Å². The molecule has 0 saturated carbocycles. The summed E-state index contributed by atoms with van der Waals surface area (Å²) >= 11 is 13.2. The van der Waals surface area contributed by atoms with Crippen molar-refractivity contribution in [2.45, 2.75) is 6.54 Å². The molecule has 0 atom stereocenters. The van der Waals surface area contributed by atoms with E-state index in [2.05, 4.69) is 11.4 Å². The van der Waals surface area contributed by atoms with Crippen LogP contribution >= 0.6 is 34.5 Å². The summed E-state index contributed by atoms with van der Waals surface area (Å²) in [6.07, 6.45) is 0. The SMILES string of the molecule is N#Cc1cc(Cl)ccc1NCc1ccc(Cl)s1. The molecule has 0 fully saturated rings. The molecule has 86 valence electrons. The second kappa shape index (κ2) is 5.42. The summed E-state index contributed by atoms with van der Waals surface area (Å²) in [5, 5.41) is 12.7. The van der Waals surface area contributed by atoms with Gasteiger partial charge in [0.05, 0.1) is 15.6 Å². The van der Waals surface area contributed by atoms with E-state index in [9.17, 15) is 0 Å². The van der Waals surface area contributed by atoms with Crippen LogP contribution in [-0.4, -0.2) is 0 Å². The van der Waals surface area contributed by atoms with Crippen LogP contribution in [-0.2, 0) is 6.54 Å². The highest BCUT2D eigenvalue weighted by atomic mass is 35.5. The minimum atomic E-state index is 0.542. The van der Waals surface area contributed by atoms with Crippen molar-refractivity contribution in [3.05, 3.63) is 50.1 Å². The number of nitrogens with one attached hydrogen (secondary N) is 1. The first-order valence-corrected chi connectivity index (χ1v) is 6.44. The fourth-order valence-corrected chi connectivity index (χ4v) is 2.59. The smallest absolute Gasteiger partial charge is 0.101 e. The monoisotopic (exact) mass is 282 g/mol. The van der Waals surface area contributed by atoms with Crippen molar-refractivity contribution in [1.82, 2.24) is 0 Å². The van der Waals surface area contributed by atoms with Gasteiger partial charge in [-0.25, -0.2) is 0 Å². The third-order valence-electron chi connectivity index (χ3n) is 2.18. The zero-order chi connectivity index (χ0) is 12.3. The zero-order valence-corrected chi connectivity index (χ0v) is 11.0. The predicted octanol–water partition coefficient (Wildman–Crippen LogP) is 4.54. The van der Waals surface area contributed by atoms with Crippen LogP contribution in [0.3, 0.4) is 0 Å². The Kier molecular flexibility index (Phi) is 3.90.